The third kappa shape index (κ3) is 9.44. The van der Waals surface area contributed by atoms with Gasteiger partial charge in [0.15, 0.2) is 5.96 Å². The van der Waals surface area contributed by atoms with E-state index in [2.05, 4.69) is 20.9 Å². The number of hydrogen-bond acceptors (Lipinski definition) is 4. The minimum Gasteiger partial charge on any atom is -0.497 e. The average molecular weight is 350 g/mol. The summed E-state index contributed by atoms with van der Waals surface area (Å²) in [6.07, 6.45) is 1.33. The van der Waals surface area contributed by atoms with Crippen LogP contribution in [0.4, 0.5) is 0 Å². The Morgan fingerprint density at radius 1 is 1.04 bits per heavy atom. The number of hydrogen-bond donors (Lipinski definition) is 3. The van der Waals surface area contributed by atoms with Gasteiger partial charge in [0, 0.05) is 19.5 Å². The minimum atomic E-state index is 0.0317. The lowest BCUT2D eigenvalue weighted by Gasteiger charge is -2.12. The summed E-state index contributed by atoms with van der Waals surface area (Å²) in [6.45, 7) is 7.06. The molecule has 0 aliphatic carbocycles. The van der Waals surface area contributed by atoms with Gasteiger partial charge in [-0.05, 0) is 37.6 Å². The molecule has 0 heterocycles. The second-order valence-corrected chi connectivity index (χ2v) is 5.31. The van der Waals surface area contributed by atoms with Crippen LogP contribution in [0.2, 0.25) is 0 Å². The molecule has 1 amide bonds. The Morgan fingerprint density at radius 3 is 2.40 bits per heavy atom. The molecule has 0 atom stereocenters. The molecule has 0 bridgehead atoms. The molecule has 1 aromatic rings. The maximum atomic E-state index is 11.6. The van der Waals surface area contributed by atoms with Crippen LogP contribution < -0.4 is 25.4 Å². The van der Waals surface area contributed by atoms with Gasteiger partial charge in [-0.25, -0.2) is 0 Å². The van der Waals surface area contributed by atoms with Crippen molar-refractivity contribution >= 4 is 11.9 Å². The molecular weight excluding hydrogens is 320 g/mol. The van der Waals surface area contributed by atoms with E-state index in [1.807, 2.05) is 38.1 Å². The lowest BCUT2D eigenvalue weighted by molar-refractivity contribution is -0.120. The normalized spacial score (nSPS) is 10.9. The molecule has 7 nitrogen and oxygen atoms in total. The van der Waals surface area contributed by atoms with Crippen LogP contribution in [-0.4, -0.2) is 51.8 Å². The van der Waals surface area contributed by atoms with Crippen LogP contribution >= 0.6 is 0 Å². The highest BCUT2D eigenvalue weighted by Crippen LogP contribution is 2.16. The number of carbonyl (C=O) groups excluding carboxylic acids is 1. The molecule has 0 aliphatic rings. The molecule has 3 N–H and O–H groups in total. The number of guanidine groups is 1. The first kappa shape index (κ1) is 20.6. The van der Waals surface area contributed by atoms with Crippen molar-refractivity contribution < 1.29 is 14.3 Å². The zero-order valence-corrected chi connectivity index (χ0v) is 15.4. The Bertz CT molecular complexity index is 518. The number of nitrogens with one attached hydrogen (secondary N) is 3. The third-order valence-electron chi connectivity index (χ3n) is 3.25. The van der Waals surface area contributed by atoms with Crippen LogP contribution in [-0.2, 0) is 4.79 Å². The second-order valence-electron chi connectivity index (χ2n) is 5.31. The van der Waals surface area contributed by atoms with E-state index in [9.17, 15) is 4.79 Å². The first-order valence-corrected chi connectivity index (χ1v) is 8.75. The molecule has 0 spiro atoms. The number of methoxy groups -OCH3 is 1. The number of benzene rings is 1. The van der Waals surface area contributed by atoms with Crippen molar-refractivity contribution in [2.75, 3.05) is 39.9 Å². The quantitative estimate of drug-likeness (QED) is 0.320. The summed E-state index contributed by atoms with van der Waals surface area (Å²) in [6, 6.07) is 7.45. The topological polar surface area (TPSA) is 84.0 Å². The minimum absolute atomic E-state index is 0.0317. The number of ether oxygens (including phenoxy) is 2. The van der Waals surface area contributed by atoms with Gasteiger partial charge in [0.2, 0.25) is 5.91 Å². The zero-order valence-electron chi connectivity index (χ0n) is 15.4. The van der Waals surface area contributed by atoms with Crippen LogP contribution in [0, 0.1) is 0 Å². The van der Waals surface area contributed by atoms with E-state index in [1.54, 1.807) is 7.11 Å². The fraction of sp³-hybridized carbons (Fsp3) is 0.556. The Kier molecular flexibility index (Phi) is 10.6. The highest BCUT2D eigenvalue weighted by molar-refractivity contribution is 5.80. The molecule has 0 saturated heterocycles. The molecule has 0 unspecified atom stereocenters. The maximum Gasteiger partial charge on any atom is 0.221 e. The molecule has 0 aliphatic heterocycles. The Balaban J connectivity index is 2.28. The Labute approximate surface area is 150 Å². The first-order chi connectivity index (χ1) is 12.2. The van der Waals surface area contributed by atoms with Crippen LogP contribution in [0.25, 0.3) is 0 Å². The van der Waals surface area contributed by atoms with Crippen molar-refractivity contribution in [3.8, 4) is 11.5 Å². The molecule has 0 saturated carbocycles. The third-order valence-corrected chi connectivity index (χ3v) is 3.25. The van der Waals surface area contributed by atoms with Gasteiger partial charge in [0.25, 0.3) is 0 Å². The van der Waals surface area contributed by atoms with E-state index in [1.165, 1.54) is 0 Å². The van der Waals surface area contributed by atoms with Gasteiger partial charge in [0.1, 0.15) is 18.1 Å². The number of carbonyl (C=O) groups is 1. The largest absolute Gasteiger partial charge is 0.497 e. The fourth-order valence-electron chi connectivity index (χ4n) is 1.97. The predicted molar refractivity (Wildman–Crippen MR) is 100 cm³/mol. The maximum absolute atomic E-state index is 11.6. The Morgan fingerprint density at radius 2 is 1.76 bits per heavy atom. The number of amides is 1. The van der Waals surface area contributed by atoms with E-state index >= 15 is 0 Å². The monoisotopic (exact) mass is 350 g/mol. The molecule has 140 valence electrons. The lowest BCUT2D eigenvalue weighted by Crippen LogP contribution is -2.39. The smallest absolute Gasteiger partial charge is 0.221 e. The highest BCUT2D eigenvalue weighted by atomic mass is 16.5. The standard InChI is InChI=1S/C18H30N4O3/c1-4-11-20-17(23)10-12-21-18(19-5-2)22-13-14-25-16-8-6-15(24-3)7-9-16/h6-9H,4-5,10-14H2,1-3H3,(H,20,23)(H2,19,21,22). The van der Waals surface area contributed by atoms with Gasteiger partial charge >= 0.3 is 0 Å². The molecular formula is C18H30N4O3. The van der Waals surface area contributed by atoms with Gasteiger partial charge in [-0.1, -0.05) is 6.92 Å². The molecule has 0 aromatic heterocycles. The number of nitrogens with zero attached hydrogens (tertiary/aromatic N) is 1. The van der Waals surface area contributed by atoms with Crippen molar-refractivity contribution in [3.05, 3.63) is 24.3 Å². The van der Waals surface area contributed by atoms with Crippen LogP contribution in [0.15, 0.2) is 29.3 Å². The fourth-order valence-corrected chi connectivity index (χ4v) is 1.97. The van der Waals surface area contributed by atoms with Crippen molar-refractivity contribution in [2.24, 2.45) is 4.99 Å². The summed E-state index contributed by atoms with van der Waals surface area (Å²) in [5, 5.41) is 9.17. The molecule has 0 fully saturated rings. The molecule has 1 rings (SSSR count). The molecule has 1 aromatic carbocycles. The average Bonchev–Trinajstić information content (AvgIpc) is 2.64. The van der Waals surface area contributed by atoms with Crippen LogP contribution in [0.3, 0.4) is 0 Å². The lowest BCUT2D eigenvalue weighted by atomic mass is 10.3. The van der Waals surface area contributed by atoms with Crippen molar-refractivity contribution in [1.82, 2.24) is 16.0 Å². The number of aliphatic imine (C=N–C) groups is 1. The van der Waals surface area contributed by atoms with Gasteiger partial charge in [0.05, 0.1) is 20.2 Å². The van der Waals surface area contributed by atoms with E-state index in [0.29, 0.717) is 38.6 Å². The molecule has 7 heteroatoms. The predicted octanol–water partition coefficient (Wildman–Crippen LogP) is 1.55. The summed E-state index contributed by atoms with van der Waals surface area (Å²) in [5.74, 6) is 2.31. The van der Waals surface area contributed by atoms with Gasteiger partial charge in [-0.3, -0.25) is 9.79 Å². The SMILES string of the molecule is CCCNC(=O)CCN=C(NCC)NCCOc1ccc(OC)cc1. The summed E-state index contributed by atoms with van der Waals surface area (Å²) >= 11 is 0. The summed E-state index contributed by atoms with van der Waals surface area (Å²) < 4.78 is 10.8. The summed E-state index contributed by atoms with van der Waals surface area (Å²) in [4.78, 5) is 15.9. The first-order valence-electron chi connectivity index (χ1n) is 8.75. The summed E-state index contributed by atoms with van der Waals surface area (Å²) in [7, 11) is 1.63. The second kappa shape index (κ2) is 12.9. The van der Waals surface area contributed by atoms with E-state index in [0.717, 1.165) is 24.5 Å². The molecule has 25 heavy (non-hydrogen) atoms. The number of rotatable bonds is 11. The van der Waals surface area contributed by atoms with Crippen molar-refractivity contribution in [2.45, 2.75) is 26.7 Å². The zero-order chi connectivity index (χ0) is 18.3. The van der Waals surface area contributed by atoms with Gasteiger partial charge in [-0.2, -0.15) is 0 Å². The van der Waals surface area contributed by atoms with E-state index in [-0.39, 0.29) is 5.91 Å². The van der Waals surface area contributed by atoms with Gasteiger partial charge < -0.3 is 25.4 Å². The summed E-state index contributed by atoms with van der Waals surface area (Å²) in [5.41, 5.74) is 0. The highest BCUT2D eigenvalue weighted by Gasteiger charge is 2.01. The van der Waals surface area contributed by atoms with Crippen LogP contribution in [0.5, 0.6) is 11.5 Å². The van der Waals surface area contributed by atoms with Gasteiger partial charge in [-0.15, -0.1) is 0 Å². The van der Waals surface area contributed by atoms with Crippen molar-refractivity contribution in [1.29, 1.82) is 0 Å². The molecule has 0 radical (unpaired) electrons. The Hall–Kier alpha value is -2.44. The van der Waals surface area contributed by atoms with Crippen molar-refractivity contribution in [3.63, 3.8) is 0 Å². The van der Waals surface area contributed by atoms with Crippen LogP contribution in [0.1, 0.15) is 26.7 Å². The van der Waals surface area contributed by atoms with E-state index in [4.69, 9.17) is 9.47 Å². The van der Waals surface area contributed by atoms with E-state index < -0.39 is 0 Å².